The van der Waals surface area contributed by atoms with Crippen LogP contribution in [0.25, 0.3) is 6.08 Å². The topological polar surface area (TPSA) is 88.2 Å². The van der Waals surface area contributed by atoms with E-state index in [1.54, 1.807) is 13.8 Å². The fourth-order valence-electron chi connectivity index (χ4n) is 2.83. The van der Waals surface area contributed by atoms with Crippen molar-refractivity contribution in [1.82, 2.24) is 10.3 Å². The summed E-state index contributed by atoms with van der Waals surface area (Å²) in [7, 11) is -3.76. The second-order valence-corrected chi connectivity index (χ2v) is 9.14. The second kappa shape index (κ2) is 10.0. The minimum Gasteiger partial charge on any atom is -0.348 e. The molecule has 0 fully saturated rings. The number of sulfonamides is 1. The molecule has 0 aliphatic carbocycles. The number of rotatable bonds is 7. The van der Waals surface area contributed by atoms with E-state index in [0.29, 0.717) is 5.56 Å². The maximum Gasteiger partial charge on any atom is 0.433 e. The molecule has 2 aromatic rings. The lowest BCUT2D eigenvalue weighted by Crippen LogP contribution is -2.21. The van der Waals surface area contributed by atoms with Crippen molar-refractivity contribution < 1.29 is 30.8 Å². The highest BCUT2D eigenvalue weighted by atomic mass is 32.2. The number of carbonyl (C=O) groups excluding carboxylic acids is 1. The van der Waals surface area contributed by atoms with Crippen LogP contribution in [0, 0.1) is 18.2 Å². The van der Waals surface area contributed by atoms with Gasteiger partial charge in [0.2, 0.25) is 15.9 Å². The van der Waals surface area contributed by atoms with E-state index in [2.05, 4.69) is 16.2 Å². The summed E-state index contributed by atoms with van der Waals surface area (Å²) in [5.74, 6) is 0.364. The molecule has 2 N–H and O–H groups in total. The number of pyridine rings is 1. The Kier molecular flexibility index (Phi) is 7.87. The van der Waals surface area contributed by atoms with Gasteiger partial charge < -0.3 is 5.32 Å². The molecule has 1 aromatic heterocycles. The molecule has 0 spiro atoms. The Morgan fingerprint density at radius 2 is 1.94 bits per heavy atom. The van der Waals surface area contributed by atoms with E-state index in [1.165, 1.54) is 18.2 Å². The number of carbonyl (C=O) groups is 1. The van der Waals surface area contributed by atoms with Crippen LogP contribution in [-0.4, -0.2) is 25.6 Å². The quantitative estimate of drug-likeness (QED) is 0.354. The van der Waals surface area contributed by atoms with Crippen LogP contribution in [0.4, 0.5) is 23.2 Å². The van der Waals surface area contributed by atoms with Gasteiger partial charge in [0, 0.05) is 12.6 Å². The number of aromatic nitrogens is 1. The van der Waals surface area contributed by atoms with Crippen LogP contribution in [0.1, 0.15) is 47.8 Å². The largest absolute Gasteiger partial charge is 0.433 e. The molecule has 0 aliphatic rings. The van der Waals surface area contributed by atoms with Gasteiger partial charge in [-0.05, 0) is 41.3 Å². The zero-order valence-corrected chi connectivity index (χ0v) is 18.7. The summed E-state index contributed by atoms with van der Waals surface area (Å²) in [6.07, 6.45) is 4.05. The second-order valence-electron chi connectivity index (χ2n) is 7.39. The average Bonchev–Trinajstić information content (AvgIpc) is 2.70. The average molecular weight is 483 g/mol. The molecule has 6 nitrogen and oxygen atoms in total. The van der Waals surface area contributed by atoms with Gasteiger partial charge in [-0.2, -0.15) is 13.2 Å². The van der Waals surface area contributed by atoms with Gasteiger partial charge in [-0.15, -0.1) is 6.42 Å². The number of nitrogens with one attached hydrogen (secondary N) is 2. The van der Waals surface area contributed by atoms with Gasteiger partial charge in [0.25, 0.3) is 0 Å². The molecule has 0 saturated heterocycles. The first-order chi connectivity index (χ1) is 15.2. The van der Waals surface area contributed by atoms with Crippen molar-refractivity contribution in [3.8, 4) is 12.3 Å². The van der Waals surface area contributed by atoms with Crippen LogP contribution in [0.3, 0.4) is 0 Å². The van der Waals surface area contributed by atoms with E-state index in [1.807, 2.05) is 4.72 Å². The van der Waals surface area contributed by atoms with Crippen LogP contribution in [0.5, 0.6) is 0 Å². The maximum atomic E-state index is 14.3. The molecule has 0 bridgehead atoms. The highest BCUT2D eigenvalue weighted by molar-refractivity contribution is 7.92. The van der Waals surface area contributed by atoms with Gasteiger partial charge in [-0.3, -0.25) is 9.52 Å². The van der Waals surface area contributed by atoms with Gasteiger partial charge in [0.05, 0.1) is 23.2 Å². The summed E-state index contributed by atoms with van der Waals surface area (Å²) in [4.78, 5) is 15.8. The van der Waals surface area contributed by atoms with Crippen LogP contribution in [0.15, 0.2) is 30.3 Å². The molecule has 0 radical (unpaired) electrons. The molecule has 33 heavy (non-hydrogen) atoms. The number of anilines is 1. The van der Waals surface area contributed by atoms with Gasteiger partial charge in [-0.1, -0.05) is 25.8 Å². The zero-order valence-electron chi connectivity index (χ0n) is 17.9. The number of alkyl halides is 3. The fourth-order valence-corrected chi connectivity index (χ4v) is 3.41. The monoisotopic (exact) mass is 483 g/mol. The standard InChI is InChI=1S/C22H21F4N3O3S/c1-5-15-10-14(11-17(23)21(15)29-33(4,31)32)12-27-19(30)9-7-16-6-8-18(22(24,25)26)28-20(16)13(2)3/h1,6-11,13,29H,12H2,2-4H3,(H,27,30)/b9-7-. The van der Waals surface area contributed by atoms with Gasteiger partial charge in [0.1, 0.15) is 11.5 Å². The molecule has 176 valence electrons. The number of benzene rings is 1. The first kappa shape index (κ1) is 25.9. The Labute approximate surface area is 189 Å². The highest BCUT2D eigenvalue weighted by Gasteiger charge is 2.33. The molecular formula is C22H21F4N3O3S. The molecule has 0 unspecified atom stereocenters. The summed E-state index contributed by atoms with van der Waals surface area (Å²) in [5, 5.41) is 2.50. The summed E-state index contributed by atoms with van der Waals surface area (Å²) < 4.78 is 77.8. The maximum absolute atomic E-state index is 14.3. The minimum atomic E-state index is -4.58. The predicted octanol–water partition coefficient (Wildman–Crippen LogP) is 4.05. The van der Waals surface area contributed by atoms with E-state index in [4.69, 9.17) is 6.42 Å². The molecule has 2 rings (SSSR count). The Morgan fingerprint density at radius 3 is 2.48 bits per heavy atom. The normalized spacial score (nSPS) is 12.1. The first-order valence-electron chi connectivity index (χ1n) is 9.52. The van der Waals surface area contributed by atoms with Crippen LogP contribution >= 0.6 is 0 Å². The summed E-state index contributed by atoms with van der Waals surface area (Å²) in [5.41, 5.74) is -0.620. The van der Waals surface area contributed by atoms with Gasteiger partial charge in [-0.25, -0.2) is 17.8 Å². The predicted molar refractivity (Wildman–Crippen MR) is 117 cm³/mol. The fraction of sp³-hybridized carbons (Fsp3) is 0.273. The Hall–Kier alpha value is -3.39. The molecular weight excluding hydrogens is 462 g/mol. The number of hydrogen-bond acceptors (Lipinski definition) is 4. The number of hydrogen-bond donors (Lipinski definition) is 2. The third kappa shape index (κ3) is 7.32. The van der Waals surface area contributed by atoms with E-state index >= 15 is 0 Å². The van der Waals surface area contributed by atoms with E-state index in [0.717, 1.165) is 24.5 Å². The third-order valence-corrected chi connectivity index (χ3v) is 4.84. The van der Waals surface area contributed by atoms with E-state index < -0.39 is 33.6 Å². The Morgan fingerprint density at radius 1 is 1.27 bits per heavy atom. The summed E-state index contributed by atoms with van der Waals surface area (Å²) >= 11 is 0. The first-order valence-corrected chi connectivity index (χ1v) is 11.4. The molecule has 0 aliphatic heterocycles. The van der Waals surface area contributed by atoms with Crippen molar-refractivity contribution in [3.05, 3.63) is 64.2 Å². The Balaban J connectivity index is 2.16. The SMILES string of the molecule is C#Cc1cc(CNC(=O)/C=C\c2ccc(C(F)(F)F)nc2C(C)C)cc(F)c1NS(C)(=O)=O. The van der Waals surface area contributed by atoms with Crippen LogP contribution in [0.2, 0.25) is 0 Å². The van der Waals surface area contributed by atoms with Gasteiger partial charge in [0.15, 0.2) is 0 Å². The van der Waals surface area contributed by atoms with E-state index in [-0.39, 0.29) is 35.0 Å². The molecule has 0 saturated carbocycles. The van der Waals surface area contributed by atoms with Crippen molar-refractivity contribution in [2.45, 2.75) is 32.5 Å². The van der Waals surface area contributed by atoms with Crippen molar-refractivity contribution in [1.29, 1.82) is 0 Å². The van der Waals surface area contributed by atoms with Crippen LogP contribution < -0.4 is 10.0 Å². The minimum absolute atomic E-state index is 0.0439. The lowest BCUT2D eigenvalue weighted by atomic mass is 10.0. The Bertz CT molecular complexity index is 1230. The lowest BCUT2D eigenvalue weighted by Gasteiger charge is -2.13. The number of terminal acetylenes is 1. The van der Waals surface area contributed by atoms with Crippen molar-refractivity contribution in [3.63, 3.8) is 0 Å². The lowest BCUT2D eigenvalue weighted by molar-refractivity contribution is -0.141. The van der Waals surface area contributed by atoms with Gasteiger partial charge >= 0.3 is 6.18 Å². The summed E-state index contributed by atoms with van der Waals surface area (Å²) in [6.45, 7) is 3.23. The van der Waals surface area contributed by atoms with Crippen molar-refractivity contribution >= 4 is 27.7 Å². The van der Waals surface area contributed by atoms with E-state index in [9.17, 15) is 30.8 Å². The van der Waals surface area contributed by atoms with Crippen molar-refractivity contribution in [2.24, 2.45) is 0 Å². The molecule has 0 atom stereocenters. The molecule has 1 heterocycles. The van der Waals surface area contributed by atoms with Crippen molar-refractivity contribution in [2.75, 3.05) is 11.0 Å². The highest BCUT2D eigenvalue weighted by Crippen LogP contribution is 2.30. The smallest absolute Gasteiger partial charge is 0.348 e. The third-order valence-electron chi connectivity index (χ3n) is 4.27. The number of amides is 1. The molecule has 1 aromatic carbocycles. The molecule has 11 heteroatoms. The molecule has 1 amide bonds. The number of halogens is 4. The summed E-state index contributed by atoms with van der Waals surface area (Å²) in [6, 6.07) is 4.43. The zero-order chi connectivity index (χ0) is 25.0. The number of nitrogens with zero attached hydrogens (tertiary/aromatic N) is 1. The van der Waals surface area contributed by atoms with Crippen LogP contribution in [-0.2, 0) is 27.5 Å².